The zero-order valence-electron chi connectivity index (χ0n) is 13.1. The Morgan fingerprint density at radius 3 is 2.52 bits per heavy atom. The number of aromatic nitrogens is 1. The highest BCUT2D eigenvalue weighted by Gasteiger charge is 2.25. The molecule has 1 unspecified atom stereocenters. The third-order valence-corrected chi connectivity index (χ3v) is 4.04. The lowest BCUT2D eigenvalue weighted by Gasteiger charge is -2.31. The van der Waals surface area contributed by atoms with Gasteiger partial charge in [-0.25, -0.2) is 4.98 Å². The minimum Gasteiger partial charge on any atom is -0.349 e. The Bertz CT molecular complexity index is 426. The number of carbonyl (C=O) groups excluding carboxylic acids is 1. The predicted molar refractivity (Wildman–Crippen MR) is 94.7 cm³/mol. The van der Waals surface area contributed by atoms with Crippen LogP contribution in [0.5, 0.6) is 0 Å². The average Bonchev–Trinajstić information content (AvgIpc) is 2.75. The van der Waals surface area contributed by atoms with Gasteiger partial charge in [-0.2, -0.15) is 0 Å². The molecule has 1 aromatic rings. The monoisotopic (exact) mass is 355 g/mol. The Morgan fingerprint density at radius 2 is 2.10 bits per heavy atom. The lowest BCUT2D eigenvalue weighted by atomic mass is 9.90. The number of amides is 1. The molecule has 21 heavy (non-hydrogen) atoms. The van der Waals surface area contributed by atoms with Crippen LogP contribution in [0.15, 0.2) is 5.38 Å². The first-order valence-electron chi connectivity index (χ1n) is 6.83. The quantitative estimate of drug-likeness (QED) is 0.789. The molecule has 0 spiro atoms. The molecule has 0 bridgehead atoms. The van der Waals surface area contributed by atoms with Gasteiger partial charge in [0.25, 0.3) is 0 Å². The summed E-state index contributed by atoms with van der Waals surface area (Å²) in [6, 6.07) is 0. The van der Waals surface area contributed by atoms with Gasteiger partial charge < -0.3 is 11.1 Å². The fourth-order valence-corrected chi connectivity index (χ4v) is 2.97. The second kappa shape index (κ2) is 10.4. The zero-order chi connectivity index (χ0) is 14.5. The Morgan fingerprint density at radius 1 is 1.48 bits per heavy atom. The van der Waals surface area contributed by atoms with Crippen LogP contribution in [0.25, 0.3) is 0 Å². The molecule has 0 aliphatic carbocycles. The molecule has 4 nitrogen and oxygen atoms in total. The van der Waals surface area contributed by atoms with Crippen molar-refractivity contribution in [3.8, 4) is 0 Å². The van der Waals surface area contributed by atoms with E-state index in [1.165, 1.54) is 0 Å². The molecule has 1 rings (SSSR count). The van der Waals surface area contributed by atoms with Crippen LogP contribution in [0.4, 0.5) is 0 Å². The minimum absolute atomic E-state index is 0. The third-order valence-electron chi connectivity index (χ3n) is 2.99. The summed E-state index contributed by atoms with van der Waals surface area (Å²) in [7, 11) is 0. The van der Waals surface area contributed by atoms with Crippen LogP contribution in [0.2, 0.25) is 0 Å². The highest BCUT2D eigenvalue weighted by Crippen LogP contribution is 2.16. The summed E-state index contributed by atoms with van der Waals surface area (Å²) in [5.41, 5.74) is 6.32. The number of hydrogen-bond donors (Lipinski definition) is 2. The largest absolute Gasteiger partial charge is 0.349 e. The maximum absolute atomic E-state index is 12.1. The Hall–Kier alpha value is -0.360. The van der Waals surface area contributed by atoms with E-state index in [2.05, 4.69) is 31.1 Å². The number of aryl methyl sites for hydroxylation is 1. The van der Waals surface area contributed by atoms with Gasteiger partial charge in [0.05, 0.1) is 17.1 Å². The summed E-state index contributed by atoms with van der Waals surface area (Å²) in [6.07, 6.45) is 2.14. The van der Waals surface area contributed by atoms with Gasteiger partial charge in [0, 0.05) is 17.5 Å². The second-order valence-corrected chi connectivity index (χ2v) is 6.62. The lowest BCUT2D eigenvalue weighted by Crippen LogP contribution is -2.52. The van der Waals surface area contributed by atoms with E-state index >= 15 is 0 Å². The molecule has 1 heterocycles. The smallest absolute Gasteiger partial charge is 0.226 e. The van der Waals surface area contributed by atoms with Crippen molar-refractivity contribution in [3.63, 3.8) is 0 Å². The van der Waals surface area contributed by atoms with E-state index in [0.717, 1.165) is 23.5 Å². The molecular formula is C14H27Cl2N3OS. The Labute approximate surface area is 144 Å². The summed E-state index contributed by atoms with van der Waals surface area (Å²) < 4.78 is 0. The number of nitrogens with zero attached hydrogens (tertiary/aromatic N) is 1. The fourth-order valence-electron chi connectivity index (χ4n) is 2.22. The van der Waals surface area contributed by atoms with Crippen molar-refractivity contribution >= 4 is 42.1 Å². The molecule has 0 aromatic carbocycles. The molecule has 0 fully saturated rings. The SMILES string of the molecule is CCc1nc(CC(=O)NC(C)(CN)CC(C)C)cs1.Cl.Cl. The van der Waals surface area contributed by atoms with Gasteiger partial charge in [-0.15, -0.1) is 36.2 Å². The van der Waals surface area contributed by atoms with E-state index in [-0.39, 0.29) is 36.3 Å². The maximum atomic E-state index is 12.1. The fraction of sp³-hybridized carbons (Fsp3) is 0.714. The van der Waals surface area contributed by atoms with Gasteiger partial charge in [-0.3, -0.25) is 4.79 Å². The van der Waals surface area contributed by atoms with Crippen molar-refractivity contribution in [2.45, 2.75) is 52.5 Å². The Balaban J connectivity index is 0. The molecule has 0 saturated carbocycles. The van der Waals surface area contributed by atoms with Crippen LogP contribution >= 0.6 is 36.2 Å². The van der Waals surface area contributed by atoms with Crippen molar-refractivity contribution in [2.24, 2.45) is 11.7 Å². The number of hydrogen-bond acceptors (Lipinski definition) is 4. The van der Waals surface area contributed by atoms with Crippen LogP contribution < -0.4 is 11.1 Å². The summed E-state index contributed by atoms with van der Waals surface area (Å²) in [6.45, 7) is 8.79. The van der Waals surface area contributed by atoms with E-state index in [4.69, 9.17) is 5.73 Å². The van der Waals surface area contributed by atoms with Crippen LogP contribution in [-0.2, 0) is 17.6 Å². The van der Waals surface area contributed by atoms with Gasteiger partial charge in [0.15, 0.2) is 0 Å². The molecular weight excluding hydrogens is 329 g/mol. The molecule has 1 atom stereocenters. The molecule has 1 amide bonds. The zero-order valence-corrected chi connectivity index (χ0v) is 15.6. The first kappa shape index (κ1) is 22.9. The summed E-state index contributed by atoms with van der Waals surface area (Å²) in [5, 5.41) is 6.09. The minimum atomic E-state index is -0.325. The first-order chi connectivity index (χ1) is 8.88. The van der Waals surface area contributed by atoms with Crippen LogP contribution in [0.1, 0.15) is 44.8 Å². The van der Waals surface area contributed by atoms with E-state index in [1.807, 2.05) is 12.3 Å². The van der Waals surface area contributed by atoms with E-state index in [9.17, 15) is 4.79 Å². The molecule has 0 saturated heterocycles. The number of halogens is 2. The molecule has 7 heteroatoms. The summed E-state index contributed by atoms with van der Waals surface area (Å²) in [4.78, 5) is 16.5. The highest BCUT2D eigenvalue weighted by atomic mass is 35.5. The average molecular weight is 356 g/mol. The van der Waals surface area contributed by atoms with Gasteiger partial charge in [-0.05, 0) is 25.7 Å². The van der Waals surface area contributed by atoms with Gasteiger partial charge in [0.1, 0.15) is 0 Å². The molecule has 0 aliphatic rings. The number of carbonyl (C=O) groups is 1. The molecule has 124 valence electrons. The first-order valence-corrected chi connectivity index (χ1v) is 7.71. The number of thiazole rings is 1. The van der Waals surface area contributed by atoms with E-state index in [1.54, 1.807) is 11.3 Å². The molecule has 3 N–H and O–H groups in total. The van der Waals surface area contributed by atoms with Crippen molar-refractivity contribution in [3.05, 3.63) is 16.1 Å². The van der Waals surface area contributed by atoms with Crippen molar-refractivity contribution in [1.82, 2.24) is 10.3 Å². The van der Waals surface area contributed by atoms with Gasteiger partial charge >= 0.3 is 0 Å². The van der Waals surface area contributed by atoms with Crippen molar-refractivity contribution in [2.75, 3.05) is 6.54 Å². The predicted octanol–water partition coefficient (Wildman–Crippen LogP) is 2.97. The molecule has 1 aromatic heterocycles. The van der Waals surface area contributed by atoms with Crippen LogP contribution in [-0.4, -0.2) is 23.0 Å². The molecule has 0 radical (unpaired) electrons. The summed E-state index contributed by atoms with van der Waals surface area (Å²) >= 11 is 1.61. The summed E-state index contributed by atoms with van der Waals surface area (Å²) in [5.74, 6) is 0.501. The normalized spacial score (nSPS) is 13.0. The van der Waals surface area contributed by atoms with E-state index in [0.29, 0.717) is 18.9 Å². The lowest BCUT2D eigenvalue weighted by molar-refractivity contribution is -0.122. The maximum Gasteiger partial charge on any atom is 0.226 e. The number of rotatable bonds is 7. The van der Waals surface area contributed by atoms with Crippen LogP contribution in [0, 0.1) is 5.92 Å². The van der Waals surface area contributed by atoms with Crippen LogP contribution in [0.3, 0.4) is 0 Å². The third kappa shape index (κ3) is 8.00. The van der Waals surface area contributed by atoms with Gasteiger partial charge in [0.2, 0.25) is 5.91 Å². The second-order valence-electron chi connectivity index (χ2n) is 5.67. The van der Waals surface area contributed by atoms with E-state index < -0.39 is 0 Å². The van der Waals surface area contributed by atoms with Gasteiger partial charge in [-0.1, -0.05) is 20.8 Å². The Kier molecular flexibility index (Phi) is 11.3. The highest BCUT2D eigenvalue weighted by molar-refractivity contribution is 7.09. The van der Waals surface area contributed by atoms with Crippen molar-refractivity contribution in [1.29, 1.82) is 0 Å². The number of nitrogens with two attached hydrogens (primary N) is 1. The number of nitrogens with one attached hydrogen (secondary N) is 1. The molecule has 0 aliphatic heterocycles. The van der Waals surface area contributed by atoms with Crippen molar-refractivity contribution < 1.29 is 4.79 Å². The topological polar surface area (TPSA) is 68.0 Å². The standard InChI is InChI=1S/C14H25N3OS.2ClH/c1-5-13-16-11(8-19-13)6-12(18)17-14(4,9-15)7-10(2)3;;/h8,10H,5-7,9,15H2,1-4H3,(H,17,18);2*1H.